The van der Waals surface area contributed by atoms with Gasteiger partial charge >= 0.3 is 5.97 Å². The Labute approximate surface area is 247 Å². The predicted molar refractivity (Wildman–Crippen MR) is 163 cm³/mol. The van der Waals surface area contributed by atoms with Crippen LogP contribution in [0.1, 0.15) is 50.0 Å². The summed E-state index contributed by atoms with van der Waals surface area (Å²) in [5.74, 6) is -0.636. The number of hydrogen-bond acceptors (Lipinski definition) is 8. The van der Waals surface area contributed by atoms with Crippen LogP contribution in [0.3, 0.4) is 0 Å². The first-order chi connectivity index (χ1) is 19.8. The number of ether oxygens (including phenoxy) is 2. The average Bonchev–Trinajstić information content (AvgIpc) is 3.47. The maximum absolute atomic E-state index is 12.5. The topological polar surface area (TPSA) is 115 Å². The molecular weight excluding hydrogens is 540 g/mol. The highest BCUT2D eigenvalue weighted by Gasteiger charge is 2.33. The van der Waals surface area contributed by atoms with Gasteiger partial charge in [0.2, 0.25) is 5.91 Å². The number of rotatable bonds is 15. The summed E-state index contributed by atoms with van der Waals surface area (Å²) in [5, 5.41) is 23.7. The second-order valence-electron chi connectivity index (χ2n) is 10.1. The van der Waals surface area contributed by atoms with Gasteiger partial charge in [-0.15, -0.1) is 11.3 Å². The number of hydrogen-bond donors (Lipinski definition) is 2. The molecular formula is C31H42N4O5S. The van der Waals surface area contributed by atoms with Crippen molar-refractivity contribution in [1.82, 2.24) is 10.2 Å². The van der Waals surface area contributed by atoms with Gasteiger partial charge in [-0.1, -0.05) is 13.8 Å². The lowest BCUT2D eigenvalue weighted by atomic mass is 9.82. The minimum absolute atomic E-state index is 0.0201. The number of carboxylic acid groups (broad SMARTS) is 1. The van der Waals surface area contributed by atoms with Crippen LogP contribution in [0, 0.1) is 23.2 Å². The number of nitriles is 1. The quantitative estimate of drug-likeness (QED) is 0.223. The van der Waals surface area contributed by atoms with Crippen LogP contribution in [0.2, 0.25) is 0 Å². The number of carbonyl (C=O) groups excluding carboxylic acids is 1. The van der Waals surface area contributed by atoms with E-state index in [0.29, 0.717) is 36.5 Å². The molecule has 222 valence electrons. The van der Waals surface area contributed by atoms with Crippen molar-refractivity contribution in [2.24, 2.45) is 11.8 Å². The largest absolute Gasteiger partial charge is 0.493 e. The van der Waals surface area contributed by atoms with E-state index >= 15 is 0 Å². The van der Waals surface area contributed by atoms with Crippen LogP contribution in [0.5, 0.6) is 11.5 Å². The van der Waals surface area contributed by atoms with Gasteiger partial charge in [-0.05, 0) is 86.8 Å². The Morgan fingerprint density at radius 1 is 1.17 bits per heavy atom. The molecule has 0 saturated carbocycles. The van der Waals surface area contributed by atoms with Gasteiger partial charge in [-0.2, -0.15) is 5.26 Å². The summed E-state index contributed by atoms with van der Waals surface area (Å²) in [7, 11) is 3.14. The third-order valence-corrected chi connectivity index (χ3v) is 8.82. The predicted octanol–water partition coefficient (Wildman–Crippen LogP) is 4.98. The van der Waals surface area contributed by atoms with E-state index in [2.05, 4.69) is 35.0 Å². The molecule has 1 aromatic heterocycles. The highest BCUT2D eigenvalue weighted by molar-refractivity contribution is 7.17. The van der Waals surface area contributed by atoms with Crippen LogP contribution in [-0.4, -0.2) is 75.4 Å². The van der Waals surface area contributed by atoms with E-state index in [1.807, 2.05) is 24.3 Å². The smallest absolute Gasteiger partial charge is 0.307 e. The zero-order valence-corrected chi connectivity index (χ0v) is 25.3. The highest BCUT2D eigenvalue weighted by Crippen LogP contribution is 2.36. The number of piperidine rings is 1. The van der Waals surface area contributed by atoms with Crippen molar-refractivity contribution in [3.8, 4) is 17.6 Å². The Balaban J connectivity index is 1.56. The number of thiophene rings is 1. The molecule has 1 aromatic carbocycles. The fraction of sp³-hybridized carbons (Fsp3) is 0.516. The fourth-order valence-corrected chi connectivity index (χ4v) is 6.24. The molecule has 9 nitrogen and oxygen atoms in total. The van der Waals surface area contributed by atoms with Crippen molar-refractivity contribution in [2.75, 3.05) is 58.4 Å². The molecule has 1 fully saturated rings. The number of nitrogens with zero attached hydrogens (tertiary/aromatic N) is 3. The lowest BCUT2D eigenvalue weighted by Gasteiger charge is -2.35. The number of allylic oxidation sites excluding steroid dienone is 1. The molecule has 2 aromatic rings. The Morgan fingerprint density at radius 2 is 1.88 bits per heavy atom. The van der Waals surface area contributed by atoms with E-state index < -0.39 is 11.9 Å². The van der Waals surface area contributed by atoms with E-state index in [-0.39, 0.29) is 18.2 Å². The molecule has 0 spiro atoms. The van der Waals surface area contributed by atoms with Gasteiger partial charge in [-0.3, -0.25) is 9.59 Å². The van der Waals surface area contributed by atoms with Crippen LogP contribution >= 0.6 is 11.3 Å². The second kappa shape index (κ2) is 16.0. The standard InChI is InChI=1S/C31H42N4O5S/c1-5-34(6-2)15-7-14-33-29(36)20-26(31(37)38)22-12-16-35(17-13-22)30-11-9-25(41-30)18-24(21-32)23-8-10-27(39-3)28(19-23)40-4/h8-11,18-19,22,26H,5-7,12-17,20H2,1-4H3,(H,33,36)(H,37,38). The summed E-state index contributed by atoms with van der Waals surface area (Å²) in [4.78, 5) is 30.1. The van der Waals surface area contributed by atoms with E-state index in [1.54, 1.807) is 37.7 Å². The van der Waals surface area contributed by atoms with Gasteiger partial charge < -0.3 is 29.7 Å². The summed E-state index contributed by atoms with van der Waals surface area (Å²) >= 11 is 1.60. The van der Waals surface area contributed by atoms with Gasteiger partial charge in [0.15, 0.2) is 11.5 Å². The first-order valence-electron chi connectivity index (χ1n) is 14.2. The van der Waals surface area contributed by atoms with Gasteiger partial charge in [0.05, 0.1) is 36.8 Å². The van der Waals surface area contributed by atoms with Crippen LogP contribution in [0.25, 0.3) is 11.6 Å². The Hall–Kier alpha value is -3.55. The molecule has 2 N–H and O–H groups in total. The minimum Gasteiger partial charge on any atom is -0.493 e. The van der Waals surface area contributed by atoms with Gasteiger partial charge in [0.25, 0.3) is 0 Å². The first kappa shape index (κ1) is 32.0. The first-order valence-corrected chi connectivity index (χ1v) is 15.1. The summed E-state index contributed by atoms with van der Waals surface area (Å²) < 4.78 is 10.7. The van der Waals surface area contributed by atoms with Gasteiger partial charge in [0.1, 0.15) is 0 Å². The summed E-state index contributed by atoms with van der Waals surface area (Å²) in [5.41, 5.74) is 1.27. The molecule has 0 aliphatic carbocycles. The third-order valence-electron chi connectivity index (χ3n) is 7.72. The number of carboxylic acids is 1. The molecule has 41 heavy (non-hydrogen) atoms. The van der Waals surface area contributed by atoms with Crippen molar-refractivity contribution in [3.63, 3.8) is 0 Å². The van der Waals surface area contributed by atoms with E-state index in [0.717, 1.165) is 54.6 Å². The Morgan fingerprint density at radius 3 is 2.49 bits per heavy atom. The third kappa shape index (κ3) is 8.97. The molecule has 1 aliphatic rings. The van der Waals surface area contributed by atoms with Gasteiger partial charge in [0, 0.05) is 30.9 Å². The van der Waals surface area contributed by atoms with Crippen molar-refractivity contribution in [2.45, 2.75) is 39.5 Å². The Kier molecular flexibility index (Phi) is 12.5. The lowest BCUT2D eigenvalue weighted by Crippen LogP contribution is -2.40. The highest BCUT2D eigenvalue weighted by atomic mass is 32.1. The van der Waals surface area contributed by atoms with Crippen LogP contribution in [0.4, 0.5) is 5.00 Å². The monoisotopic (exact) mass is 582 g/mol. The summed E-state index contributed by atoms with van der Waals surface area (Å²) in [6.45, 7) is 9.13. The maximum Gasteiger partial charge on any atom is 0.307 e. The second-order valence-corrected chi connectivity index (χ2v) is 11.2. The molecule has 10 heteroatoms. The minimum atomic E-state index is -0.899. The molecule has 3 rings (SSSR count). The summed E-state index contributed by atoms with van der Waals surface area (Å²) in [6, 6.07) is 11.7. The number of carbonyl (C=O) groups is 2. The number of amides is 1. The van der Waals surface area contributed by atoms with Crippen molar-refractivity contribution in [1.29, 1.82) is 5.26 Å². The SMILES string of the molecule is CCN(CC)CCCNC(=O)CC(C(=O)O)C1CCN(c2ccc(C=C(C#N)c3ccc(OC)c(OC)c3)s2)CC1. The fourth-order valence-electron chi connectivity index (χ4n) is 5.24. The number of methoxy groups -OCH3 is 2. The maximum atomic E-state index is 12.5. The number of aliphatic carboxylic acids is 1. The van der Waals surface area contributed by atoms with Crippen LogP contribution < -0.4 is 19.7 Å². The summed E-state index contributed by atoms with van der Waals surface area (Å²) in [6.07, 6.45) is 4.16. The average molecular weight is 583 g/mol. The van der Waals surface area contributed by atoms with Crippen LogP contribution in [0.15, 0.2) is 30.3 Å². The van der Waals surface area contributed by atoms with Crippen molar-refractivity contribution in [3.05, 3.63) is 40.8 Å². The number of benzene rings is 1. The number of nitrogens with one attached hydrogen (secondary N) is 1. The van der Waals surface area contributed by atoms with Gasteiger partial charge in [-0.25, -0.2) is 0 Å². The normalized spacial score (nSPS) is 14.9. The molecule has 1 unspecified atom stereocenters. The molecule has 1 amide bonds. The number of anilines is 1. The lowest BCUT2D eigenvalue weighted by molar-refractivity contribution is -0.146. The molecule has 0 radical (unpaired) electrons. The van der Waals surface area contributed by atoms with E-state index in [9.17, 15) is 20.0 Å². The van der Waals surface area contributed by atoms with E-state index in [1.165, 1.54) is 0 Å². The zero-order valence-electron chi connectivity index (χ0n) is 24.5. The molecule has 1 aliphatic heterocycles. The van der Waals surface area contributed by atoms with Crippen molar-refractivity contribution >= 4 is 39.9 Å². The molecule has 1 atom stereocenters. The zero-order chi connectivity index (χ0) is 29.8. The molecule has 1 saturated heterocycles. The Bertz CT molecular complexity index is 1230. The molecule has 2 heterocycles. The molecule has 0 bridgehead atoms. The van der Waals surface area contributed by atoms with E-state index in [4.69, 9.17) is 9.47 Å². The van der Waals surface area contributed by atoms with Crippen molar-refractivity contribution < 1.29 is 24.2 Å². The van der Waals surface area contributed by atoms with Crippen LogP contribution in [-0.2, 0) is 9.59 Å².